The number of pyridine rings is 1. The summed E-state index contributed by atoms with van der Waals surface area (Å²) in [5, 5.41) is 3.32. The van der Waals surface area contributed by atoms with Gasteiger partial charge in [-0.05, 0) is 37.8 Å². The standard InChI is InChI=1S/C17H22N4O2/c1-3-13-9-15(22)21-16(20-13)12-5-6-14(18-10-12)19-11-17(23-2)7-4-8-17/h5-6,9-10H,3-4,7-8,11H2,1-2H3,(H,18,19)(H,20,21,22). The Hall–Kier alpha value is -2.21. The molecule has 1 aliphatic carbocycles. The average molecular weight is 314 g/mol. The Bertz CT molecular complexity index is 715. The Morgan fingerprint density at radius 3 is 2.78 bits per heavy atom. The number of hydrogen-bond donors (Lipinski definition) is 2. The van der Waals surface area contributed by atoms with Crippen molar-refractivity contribution in [2.45, 2.75) is 38.2 Å². The average Bonchev–Trinajstić information content (AvgIpc) is 2.54. The summed E-state index contributed by atoms with van der Waals surface area (Å²) in [6.45, 7) is 2.74. The number of anilines is 1. The fourth-order valence-electron chi connectivity index (χ4n) is 2.74. The molecule has 122 valence electrons. The minimum absolute atomic E-state index is 0.0391. The fourth-order valence-corrected chi connectivity index (χ4v) is 2.74. The van der Waals surface area contributed by atoms with E-state index < -0.39 is 0 Å². The Balaban J connectivity index is 1.72. The van der Waals surface area contributed by atoms with Crippen LogP contribution in [0.3, 0.4) is 0 Å². The number of H-pyrrole nitrogens is 1. The van der Waals surface area contributed by atoms with E-state index in [0.717, 1.165) is 42.9 Å². The lowest BCUT2D eigenvalue weighted by Gasteiger charge is -2.40. The molecule has 1 fully saturated rings. The van der Waals surface area contributed by atoms with Crippen molar-refractivity contribution >= 4 is 5.82 Å². The van der Waals surface area contributed by atoms with E-state index in [1.54, 1.807) is 13.3 Å². The molecule has 2 aromatic heterocycles. The smallest absolute Gasteiger partial charge is 0.251 e. The van der Waals surface area contributed by atoms with Crippen molar-refractivity contribution in [3.8, 4) is 11.4 Å². The topological polar surface area (TPSA) is 79.9 Å². The summed E-state index contributed by atoms with van der Waals surface area (Å²) in [7, 11) is 1.76. The maximum absolute atomic E-state index is 11.7. The van der Waals surface area contributed by atoms with Crippen molar-refractivity contribution in [1.29, 1.82) is 0 Å². The van der Waals surface area contributed by atoms with Gasteiger partial charge in [0.1, 0.15) is 11.6 Å². The molecule has 1 saturated carbocycles. The molecule has 0 aliphatic heterocycles. The van der Waals surface area contributed by atoms with Crippen molar-refractivity contribution in [3.63, 3.8) is 0 Å². The van der Waals surface area contributed by atoms with Gasteiger partial charge in [0, 0.05) is 37.2 Å². The molecule has 2 N–H and O–H groups in total. The molecule has 0 spiro atoms. The van der Waals surface area contributed by atoms with Crippen molar-refractivity contribution in [2.24, 2.45) is 0 Å². The SMILES string of the molecule is CCc1cc(=O)[nH]c(-c2ccc(NCC3(OC)CCC3)nc2)n1. The number of aromatic amines is 1. The van der Waals surface area contributed by atoms with Crippen LogP contribution in [0, 0.1) is 0 Å². The quantitative estimate of drug-likeness (QED) is 0.855. The number of nitrogens with one attached hydrogen (secondary N) is 2. The first-order valence-corrected chi connectivity index (χ1v) is 8.00. The summed E-state index contributed by atoms with van der Waals surface area (Å²) in [6, 6.07) is 5.33. The summed E-state index contributed by atoms with van der Waals surface area (Å²) in [4.78, 5) is 23.3. The number of aromatic nitrogens is 3. The highest BCUT2D eigenvalue weighted by molar-refractivity contribution is 5.55. The van der Waals surface area contributed by atoms with Crippen LogP contribution in [0.15, 0.2) is 29.2 Å². The van der Waals surface area contributed by atoms with Crippen molar-refractivity contribution < 1.29 is 4.74 Å². The second-order valence-electron chi connectivity index (χ2n) is 5.97. The predicted octanol–water partition coefficient (Wildman–Crippen LogP) is 2.38. The van der Waals surface area contributed by atoms with Gasteiger partial charge in [-0.1, -0.05) is 6.92 Å². The zero-order valence-electron chi connectivity index (χ0n) is 13.6. The van der Waals surface area contributed by atoms with Gasteiger partial charge >= 0.3 is 0 Å². The lowest BCUT2D eigenvalue weighted by molar-refractivity contribution is -0.0601. The molecule has 6 nitrogen and oxygen atoms in total. The highest BCUT2D eigenvalue weighted by atomic mass is 16.5. The Kier molecular flexibility index (Phi) is 4.43. The molecule has 0 radical (unpaired) electrons. The lowest BCUT2D eigenvalue weighted by Crippen LogP contribution is -2.45. The predicted molar refractivity (Wildman–Crippen MR) is 89.5 cm³/mol. The van der Waals surface area contributed by atoms with Crippen molar-refractivity contribution in [3.05, 3.63) is 40.4 Å². The van der Waals surface area contributed by atoms with Gasteiger partial charge in [0.15, 0.2) is 0 Å². The van der Waals surface area contributed by atoms with Crippen molar-refractivity contribution in [1.82, 2.24) is 15.0 Å². The molecule has 0 saturated heterocycles. The summed E-state index contributed by atoms with van der Waals surface area (Å²) >= 11 is 0. The number of aryl methyl sites for hydroxylation is 1. The molecule has 0 amide bonds. The van der Waals surface area contributed by atoms with Crippen LogP contribution in [-0.4, -0.2) is 34.2 Å². The van der Waals surface area contributed by atoms with Gasteiger partial charge in [-0.3, -0.25) is 4.79 Å². The first-order chi connectivity index (χ1) is 11.1. The molecule has 6 heteroatoms. The molecule has 2 aromatic rings. The zero-order chi connectivity index (χ0) is 16.3. The highest BCUT2D eigenvalue weighted by Gasteiger charge is 2.36. The summed E-state index contributed by atoms with van der Waals surface area (Å²) in [6.07, 6.45) is 5.84. The first kappa shape index (κ1) is 15.7. The van der Waals surface area contributed by atoms with E-state index in [4.69, 9.17) is 4.74 Å². The van der Waals surface area contributed by atoms with Crippen LogP contribution in [0.4, 0.5) is 5.82 Å². The van der Waals surface area contributed by atoms with E-state index >= 15 is 0 Å². The van der Waals surface area contributed by atoms with Crippen LogP contribution in [0.1, 0.15) is 31.9 Å². The van der Waals surface area contributed by atoms with Gasteiger partial charge in [-0.15, -0.1) is 0 Å². The molecule has 3 rings (SSSR count). The third-order valence-electron chi connectivity index (χ3n) is 4.48. The second-order valence-corrected chi connectivity index (χ2v) is 5.97. The van der Waals surface area contributed by atoms with Gasteiger partial charge < -0.3 is 15.0 Å². The Labute approximate surface area is 135 Å². The minimum atomic E-state index is -0.138. The minimum Gasteiger partial charge on any atom is -0.376 e. The normalized spacial score (nSPS) is 15.9. The maximum atomic E-state index is 11.7. The van der Waals surface area contributed by atoms with E-state index in [-0.39, 0.29) is 11.2 Å². The molecule has 0 bridgehead atoms. The zero-order valence-corrected chi connectivity index (χ0v) is 13.6. The van der Waals surface area contributed by atoms with Crippen LogP contribution in [-0.2, 0) is 11.2 Å². The van der Waals surface area contributed by atoms with Crippen LogP contribution < -0.4 is 10.9 Å². The molecule has 23 heavy (non-hydrogen) atoms. The van der Waals surface area contributed by atoms with Crippen molar-refractivity contribution in [2.75, 3.05) is 19.0 Å². The molecular formula is C17H22N4O2. The monoisotopic (exact) mass is 314 g/mol. The largest absolute Gasteiger partial charge is 0.376 e. The van der Waals surface area contributed by atoms with Gasteiger partial charge in [0.25, 0.3) is 5.56 Å². The van der Waals surface area contributed by atoms with E-state index in [0.29, 0.717) is 5.82 Å². The number of ether oxygens (including phenoxy) is 1. The fraction of sp³-hybridized carbons (Fsp3) is 0.471. The van der Waals surface area contributed by atoms with Crippen LogP contribution in [0.5, 0.6) is 0 Å². The Morgan fingerprint density at radius 2 is 2.22 bits per heavy atom. The van der Waals surface area contributed by atoms with Gasteiger partial charge in [0.2, 0.25) is 0 Å². The van der Waals surface area contributed by atoms with E-state index in [1.807, 2.05) is 19.1 Å². The van der Waals surface area contributed by atoms with Gasteiger partial charge in [-0.25, -0.2) is 9.97 Å². The molecule has 0 unspecified atom stereocenters. The molecule has 0 atom stereocenters. The number of rotatable bonds is 6. The first-order valence-electron chi connectivity index (χ1n) is 8.00. The lowest BCUT2D eigenvalue weighted by atomic mass is 9.80. The number of methoxy groups -OCH3 is 1. The number of hydrogen-bond acceptors (Lipinski definition) is 5. The Morgan fingerprint density at radius 1 is 1.39 bits per heavy atom. The molecule has 2 heterocycles. The third-order valence-corrected chi connectivity index (χ3v) is 4.48. The van der Waals surface area contributed by atoms with Crippen LogP contribution in [0.2, 0.25) is 0 Å². The molecule has 1 aliphatic rings. The van der Waals surface area contributed by atoms with Gasteiger partial charge in [0.05, 0.1) is 5.60 Å². The van der Waals surface area contributed by atoms with Gasteiger partial charge in [-0.2, -0.15) is 0 Å². The maximum Gasteiger partial charge on any atom is 0.251 e. The van der Waals surface area contributed by atoms with Crippen LogP contribution in [0.25, 0.3) is 11.4 Å². The van der Waals surface area contributed by atoms with E-state index in [2.05, 4.69) is 20.3 Å². The van der Waals surface area contributed by atoms with Crippen LogP contribution >= 0.6 is 0 Å². The summed E-state index contributed by atoms with van der Waals surface area (Å²) in [5.74, 6) is 1.35. The number of nitrogens with zero attached hydrogens (tertiary/aromatic N) is 2. The second kappa shape index (κ2) is 6.50. The molecule has 0 aromatic carbocycles. The highest BCUT2D eigenvalue weighted by Crippen LogP contribution is 2.34. The third kappa shape index (κ3) is 3.42. The van der Waals surface area contributed by atoms with E-state index in [1.165, 1.54) is 12.5 Å². The molecular weight excluding hydrogens is 292 g/mol. The summed E-state index contributed by atoms with van der Waals surface area (Å²) < 4.78 is 5.59. The summed E-state index contributed by atoms with van der Waals surface area (Å²) in [5.41, 5.74) is 1.40. The van der Waals surface area contributed by atoms with E-state index in [9.17, 15) is 4.79 Å².